The Morgan fingerprint density at radius 1 is 1.50 bits per heavy atom. The molecule has 1 heterocycles. The molecule has 92 valence electrons. The standard InChI is InChI=1S/C11H20N2OS2/c1-11(2,10(12)15)13-9(14)7-8-3-5-16-6-4-8/h8H,3-7H2,1-2H3,(H2,12,15)(H,13,14). The van der Waals surface area contributed by atoms with Crippen LogP contribution >= 0.6 is 24.0 Å². The number of nitrogens with two attached hydrogens (primary N) is 1. The summed E-state index contributed by atoms with van der Waals surface area (Å²) in [4.78, 5) is 12.1. The topological polar surface area (TPSA) is 55.1 Å². The molecule has 0 atom stereocenters. The summed E-state index contributed by atoms with van der Waals surface area (Å²) in [5.74, 6) is 2.95. The molecular weight excluding hydrogens is 240 g/mol. The Kier molecular flexibility index (Phi) is 5.05. The second-order valence-electron chi connectivity index (χ2n) is 4.80. The maximum Gasteiger partial charge on any atom is 0.221 e. The number of hydrogen-bond acceptors (Lipinski definition) is 3. The van der Waals surface area contributed by atoms with E-state index in [1.165, 1.54) is 11.5 Å². The van der Waals surface area contributed by atoms with Crippen molar-refractivity contribution in [3.63, 3.8) is 0 Å². The van der Waals surface area contributed by atoms with Gasteiger partial charge in [-0.2, -0.15) is 11.8 Å². The number of carbonyl (C=O) groups is 1. The highest BCUT2D eigenvalue weighted by Crippen LogP contribution is 2.25. The Hall–Kier alpha value is -0.290. The van der Waals surface area contributed by atoms with Gasteiger partial charge in [0.05, 0.1) is 10.5 Å². The minimum atomic E-state index is -0.574. The van der Waals surface area contributed by atoms with Crippen LogP contribution in [0.3, 0.4) is 0 Å². The number of nitrogens with one attached hydrogen (secondary N) is 1. The van der Waals surface area contributed by atoms with Crippen LogP contribution in [0, 0.1) is 5.92 Å². The van der Waals surface area contributed by atoms with E-state index in [0.29, 0.717) is 17.3 Å². The smallest absolute Gasteiger partial charge is 0.221 e. The molecular formula is C11H20N2OS2. The molecule has 1 amide bonds. The zero-order valence-corrected chi connectivity index (χ0v) is 11.5. The Bertz CT molecular complexity index is 273. The molecule has 0 saturated carbocycles. The molecule has 1 fully saturated rings. The zero-order chi connectivity index (χ0) is 12.2. The quantitative estimate of drug-likeness (QED) is 0.756. The third-order valence-electron chi connectivity index (χ3n) is 2.88. The summed E-state index contributed by atoms with van der Waals surface area (Å²) < 4.78 is 0. The highest BCUT2D eigenvalue weighted by Gasteiger charge is 2.25. The van der Waals surface area contributed by atoms with Crippen LogP contribution in [0.25, 0.3) is 0 Å². The maximum atomic E-state index is 11.8. The van der Waals surface area contributed by atoms with E-state index in [-0.39, 0.29) is 5.91 Å². The molecule has 1 aliphatic rings. The van der Waals surface area contributed by atoms with Crippen molar-refractivity contribution in [1.29, 1.82) is 0 Å². The Morgan fingerprint density at radius 3 is 2.56 bits per heavy atom. The number of hydrogen-bond donors (Lipinski definition) is 2. The van der Waals surface area contributed by atoms with Gasteiger partial charge in [0.15, 0.2) is 0 Å². The molecule has 3 nitrogen and oxygen atoms in total. The lowest BCUT2D eigenvalue weighted by molar-refractivity contribution is -0.123. The predicted molar refractivity (Wildman–Crippen MR) is 73.7 cm³/mol. The van der Waals surface area contributed by atoms with Gasteiger partial charge in [-0.3, -0.25) is 4.79 Å². The molecule has 0 spiro atoms. The monoisotopic (exact) mass is 260 g/mol. The van der Waals surface area contributed by atoms with Crippen LogP contribution in [0.15, 0.2) is 0 Å². The molecule has 0 aliphatic carbocycles. The van der Waals surface area contributed by atoms with E-state index in [2.05, 4.69) is 5.32 Å². The largest absolute Gasteiger partial charge is 0.391 e. The second kappa shape index (κ2) is 5.87. The highest BCUT2D eigenvalue weighted by molar-refractivity contribution is 7.99. The summed E-state index contributed by atoms with van der Waals surface area (Å²) in [6.45, 7) is 3.67. The fourth-order valence-corrected chi connectivity index (χ4v) is 2.93. The summed E-state index contributed by atoms with van der Waals surface area (Å²) in [7, 11) is 0. The third-order valence-corrected chi connectivity index (χ3v) is 4.44. The van der Waals surface area contributed by atoms with Crippen LogP contribution in [-0.2, 0) is 4.79 Å². The average Bonchev–Trinajstić information content (AvgIpc) is 2.17. The third kappa shape index (κ3) is 4.29. The van der Waals surface area contributed by atoms with E-state index >= 15 is 0 Å². The fourth-order valence-electron chi connectivity index (χ4n) is 1.67. The van der Waals surface area contributed by atoms with E-state index in [4.69, 9.17) is 18.0 Å². The molecule has 0 aromatic heterocycles. The number of rotatable bonds is 4. The van der Waals surface area contributed by atoms with Crippen molar-refractivity contribution in [2.75, 3.05) is 11.5 Å². The molecule has 1 saturated heterocycles. The number of carbonyl (C=O) groups excluding carboxylic acids is 1. The molecule has 1 aliphatic heterocycles. The van der Waals surface area contributed by atoms with Gasteiger partial charge < -0.3 is 11.1 Å². The van der Waals surface area contributed by atoms with Crippen molar-refractivity contribution in [1.82, 2.24) is 5.32 Å². The van der Waals surface area contributed by atoms with Gasteiger partial charge in [0, 0.05) is 6.42 Å². The minimum absolute atomic E-state index is 0.0645. The van der Waals surface area contributed by atoms with Crippen molar-refractivity contribution < 1.29 is 4.79 Å². The zero-order valence-electron chi connectivity index (χ0n) is 9.91. The average molecular weight is 260 g/mol. The van der Waals surface area contributed by atoms with Crippen molar-refractivity contribution in [2.24, 2.45) is 11.7 Å². The first kappa shape index (κ1) is 13.8. The van der Waals surface area contributed by atoms with Crippen LogP contribution in [0.2, 0.25) is 0 Å². The van der Waals surface area contributed by atoms with Crippen molar-refractivity contribution in [3.05, 3.63) is 0 Å². The van der Waals surface area contributed by atoms with Crippen molar-refractivity contribution in [3.8, 4) is 0 Å². The lowest BCUT2D eigenvalue weighted by atomic mass is 9.97. The SMILES string of the molecule is CC(C)(NC(=O)CC1CCSCC1)C(N)=S. The molecule has 0 radical (unpaired) electrons. The number of thiocarbonyl (C=S) groups is 1. The summed E-state index contributed by atoms with van der Waals surface area (Å²) in [5, 5.41) is 2.89. The molecule has 0 bridgehead atoms. The molecule has 16 heavy (non-hydrogen) atoms. The lowest BCUT2D eigenvalue weighted by Crippen LogP contribution is -2.52. The minimum Gasteiger partial charge on any atom is -0.391 e. The Balaban J connectivity index is 2.37. The Morgan fingerprint density at radius 2 is 2.06 bits per heavy atom. The highest BCUT2D eigenvalue weighted by atomic mass is 32.2. The first-order chi connectivity index (χ1) is 7.42. The lowest BCUT2D eigenvalue weighted by Gasteiger charge is -2.27. The molecule has 1 rings (SSSR count). The molecule has 0 unspecified atom stereocenters. The van der Waals surface area contributed by atoms with Gasteiger partial charge in [-0.05, 0) is 44.1 Å². The van der Waals surface area contributed by atoms with Crippen molar-refractivity contribution >= 4 is 34.9 Å². The van der Waals surface area contributed by atoms with Gasteiger partial charge in [0.1, 0.15) is 0 Å². The Labute approximate surface area is 107 Å². The van der Waals surface area contributed by atoms with E-state index in [1.807, 2.05) is 25.6 Å². The number of thioether (sulfide) groups is 1. The normalized spacial score (nSPS) is 18.1. The predicted octanol–water partition coefficient (Wildman–Crippen LogP) is 1.70. The summed E-state index contributed by atoms with van der Waals surface area (Å²) in [6, 6.07) is 0. The summed E-state index contributed by atoms with van der Waals surface area (Å²) in [5.41, 5.74) is 4.99. The van der Waals surface area contributed by atoms with Gasteiger partial charge in [-0.1, -0.05) is 12.2 Å². The van der Waals surface area contributed by atoms with E-state index in [1.54, 1.807) is 0 Å². The van der Waals surface area contributed by atoms with Gasteiger partial charge in [-0.25, -0.2) is 0 Å². The van der Waals surface area contributed by atoms with Crippen LogP contribution in [0.1, 0.15) is 33.1 Å². The first-order valence-electron chi connectivity index (χ1n) is 5.60. The van der Waals surface area contributed by atoms with Gasteiger partial charge >= 0.3 is 0 Å². The van der Waals surface area contributed by atoms with Crippen LogP contribution in [0.4, 0.5) is 0 Å². The summed E-state index contributed by atoms with van der Waals surface area (Å²) >= 11 is 6.89. The number of amides is 1. The van der Waals surface area contributed by atoms with E-state index in [0.717, 1.165) is 12.8 Å². The van der Waals surface area contributed by atoms with Gasteiger partial charge in [0.25, 0.3) is 0 Å². The van der Waals surface area contributed by atoms with E-state index < -0.39 is 5.54 Å². The van der Waals surface area contributed by atoms with Crippen molar-refractivity contribution in [2.45, 2.75) is 38.6 Å². The second-order valence-corrected chi connectivity index (χ2v) is 6.46. The van der Waals surface area contributed by atoms with Gasteiger partial charge in [0.2, 0.25) is 5.91 Å². The molecule has 0 aromatic rings. The van der Waals surface area contributed by atoms with E-state index in [9.17, 15) is 4.79 Å². The molecule has 5 heteroatoms. The van der Waals surface area contributed by atoms with Crippen LogP contribution < -0.4 is 11.1 Å². The maximum absolute atomic E-state index is 11.8. The van der Waals surface area contributed by atoms with Gasteiger partial charge in [-0.15, -0.1) is 0 Å². The fraction of sp³-hybridized carbons (Fsp3) is 0.818. The molecule has 0 aromatic carbocycles. The van der Waals surface area contributed by atoms with Crippen LogP contribution in [0.5, 0.6) is 0 Å². The van der Waals surface area contributed by atoms with Crippen LogP contribution in [-0.4, -0.2) is 27.9 Å². The first-order valence-corrected chi connectivity index (χ1v) is 7.17. The summed E-state index contributed by atoms with van der Waals surface area (Å²) in [6.07, 6.45) is 2.89. The molecule has 3 N–H and O–H groups in total.